The summed E-state index contributed by atoms with van der Waals surface area (Å²) in [5, 5.41) is 2.47. The van der Waals surface area contributed by atoms with Crippen LogP contribution in [0.3, 0.4) is 0 Å². The first-order valence-electron chi connectivity index (χ1n) is 7.39. The van der Waals surface area contributed by atoms with Crippen molar-refractivity contribution in [3.05, 3.63) is 48.0 Å². The largest absolute Gasteiger partial charge is 0.466 e. The average molecular weight is 270 g/mol. The van der Waals surface area contributed by atoms with Crippen molar-refractivity contribution < 1.29 is 9.53 Å². The molecule has 20 heavy (non-hydrogen) atoms. The number of benzene rings is 2. The van der Waals surface area contributed by atoms with Gasteiger partial charge in [0, 0.05) is 0 Å². The molecule has 0 aliphatic rings. The molecular weight excluding hydrogens is 248 g/mol. The molecule has 0 heterocycles. The Kier molecular flexibility index (Phi) is 5.16. The second-order valence-corrected chi connectivity index (χ2v) is 5.10. The van der Waals surface area contributed by atoms with Crippen LogP contribution in [0.1, 0.15) is 44.6 Å². The molecule has 0 saturated carbocycles. The van der Waals surface area contributed by atoms with Gasteiger partial charge in [0.05, 0.1) is 13.0 Å². The topological polar surface area (TPSA) is 26.3 Å². The number of carbonyl (C=O) groups is 1. The van der Waals surface area contributed by atoms with Gasteiger partial charge in [-0.15, -0.1) is 0 Å². The molecule has 2 nitrogen and oxygen atoms in total. The summed E-state index contributed by atoms with van der Waals surface area (Å²) >= 11 is 0. The second-order valence-electron chi connectivity index (χ2n) is 5.10. The van der Waals surface area contributed by atoms with E-state index in [1.807, 2.05) is 19.1 Å². The van der Waals surface area contributed by atoms with Gasteiger partial charge in [0.2, 0.25) is 0 Å². The fourth-order valence-electron chi connectivity index (χ4n) is 2.56. The minimum absolute atomic E-state index is 0.0911. The predicted octanol–water partition coefficient (Wildman–Crippen LogP) is 4.68. The van der Waals surface area contributed by atoms with Gasteiger partial charge in [0.1, 0.15) is 0 Å². The van der Waals surface area contributed by atoms with Gasteiger partial charge in [-0.3, -0.25) is 4.79 Å². The molecule has 2 aromatic rings. The van der Waals surface area contributed by atoms with Crippen molar-refractivity contribution >= 4 is 16.7 Å². The maximum Gasteiger partial charge on any atom is 0.306 e. The number of esters is 1. The van der Waals surface area contributed by atoms with Crippen LogP contribution in [-0.2, 0) is 9.53 Å². The molecule has 0 aliphatic carbocycles. The molecule has 2 heteroatoms. The van der Waals surface area contributed by atoms with E-state index in [-0.39, 0.29) is 11.9 Å². The first-order chi connectivity index (χ1) is 9.76. The van der Waals surface area contributed by atoms with Crippen molar-refractivity contribution in [1.29, 1.82) is 0 Å². The molecule has 0 radical (unpaired) electrons. The normalized spacial score (nSPS) is 12.3. The number of hydrogen-bond donors (Lipinski definition) is 0. The fourth-order valence-corrected chi connectivity index (χ4v) is 2.56. The zero-order valence-electron chi connectivity index (χ0n) is 12.3. The van der Waals surface area contributed by atoms with Gasteiger partial charge in [0.25, 0.3) is 0 Å². The van der Waals surface area contributed by atoms with E-state index in [0.29, 0.717) is 13.0 Å². The highest BCUT2D eigenvalue weighted by molar-refractivity contribution is 5.86. The molecule has 0 spiro atoms. The van der Waals surface area contributed by atoms with E-state index in [2.05, 4.69) is 37.3 Å². The van der Waals surface area contributed by atoms with Crippen molar-refractivity contribution in [3.63, 3.8) is 0 Å². The number of carbonyl (C=O) groups excluding carboxylic acids is 1. The van der Waals surface area contributed by atoms with Gasteiger partial charge in [-0.2, -0.15) is 0 Å². The van der Waals surface area contributed by atoms with Crippen LogP contribution in [-0.4, -0.2) is 12.6 Å². The van der Waals surface area contributed by atoms with Crippen LogP contribution in [0.5, 0.6) is 0 Å². The maximum absolute atomic E-state index is 11.9. The molecule has 0 aliphatic heterocycles. The van der Waals surface area contributed by atoms with E-state index in [1.54, 1.807) is 0 Å². The minimum atomic E-state index is -0.0911. The Bertz CT molecular complexity index is 569. The van der Waals surface area contributed by atoms with Gasteiger partial charge in [-0.25, -0.2) is 0 Å². The third-order valence-corrected chi connectivity index (χ3v) is 3.64. The molecule has 106 valence electrons. The summed E-state index contributed by atoms with van der Waals surface area (Å²) in [7, 11) is 0. The molecule has 2 rings (SSSR count). The van der Waals surface area contributed by atoms with Gasteiger partial charge in [0.15, 0.2) is 0 Å². The highest BCUT2D eigenvalue weighted by Crippen LogP contribution is 2.30. The Morgan fingerprint density at radius 3 is 2.60 bits per heavy atom. The van der Waals surface area contributed by atoms with E-state index in [4.69, 9.17) is 4.74 Å². The predicted molar refractivity (Wildman–Crippen MR) is 82.8 cm³/mol. The van der Waals surface area contributed by atoms with Crippen LogP contribution >= 0.6 is 0 Å². The lowest BCUT2D eigenvalue weighted by Gasteiger charge is -2.17. The summed E-state index contributed by atoms with van der Waals surface area (Å²) in [5.74, 6) is 0.136. The summed E-state index contributed by atoms with van der Waals surface area (Å²) in [6.07, 6.45) is 2.27. The Morgan fingerprint density at radius 2 is 1.85 bits per heavy atom. The third kappa shape index (κ3) is 3.38. The van der Waals surface area contributed by atoms with Crippen LogP contribution in [0.2, 0.25) is 0 Å². The van der Waals surface area contributed by atoms with Crippen LogP contribution in [0.25, 0.3) is 10.8 Å². The monoisotopic (exact) mass is 270 g/mol. The second kappa shape index (κ2) is 7.09. The van der Waals surface area contributed by atoms with E-state index in [0.717, 1.165) is 12.8 Å². The van der Waals surface area contributed by atoms with Crippen molar-refractivity contribution in [1.82, 2.24) is 0 Å². The first-order valence-corrected chi connectivity index (χ1v) is 7.39. The number of fused-ring (bicyclic) bond motifs is 1. The van der Waals surface area contributed by atoms with Gasteiger partial charge < -0.3 is 4.74 Å². The highest BCUT2D eigenvalue weighted by Gasteiger charge is 2.17. The maximum atomic E-state index is 11.9. The van der Waals surface area contributed by atoms with Crippen LogP contribution in [0.4, 0.5) is 0 Å². The molecule has 0 fully saturated rings. The van der Waals surface area contributed by atoms with Crippen LogP contribution < -0.4 is 0 Å². The van der Waals surface area contributed by atoms with Gasteiger partial charge in [-0.05, 0) is 35.1 Å². The SMILES string of the molecule is CCCOC(=O)C[C@@H](CC)c1cccc2ccccc12. The average Bonchev–Trinajstić information content (AvgIpc) is 2.50. The number of ether oxygens (including phenoxy) is 1. The van der Waals surface area contributed by atoms with Crippen molar-refractivity contribution in [3.8, 4) is 0 Å². The zero-order valence-corrected chi connectivity index (χ0v) is 12.3. The Labute approximate surface area is 120 Å². The lowest BCUT2D eigenvalue weighted by molar-refractivity contribution is -0.144. The minimum Gasteiger partial charge on any atom is -0.466 e. The first kappa shape index (κ1) is 14.6. The number of hydrogen-bond acceptors (Lipinski definition) is 2. The van der Waals surface area contributed by atoms with E-state index >= 15 is 0 Å². The summed E-state index contributed by atoms with van der Waals surface area (Å²) in [6, 6.07) is 14.6. The van der Waals surface area contributed by atoms with Crippen molar-refractivity contribution in [2.75, 3.05) is 6.61 Å². The molecule has 0 unspecified atom stereocenters. The van der Waals surface area contributed by atoms with Crippen LogP contribution in [0, 0.1) is 0 Å². The van der Waals surface area contributed by atoms with E-state index in [1.165, 1.54) is 16.3 Å². The molecule has 1 atom stereocenters. The standard InChI is InChI=1S/C18H22O2/c1-3-12-20-18(19)13-14(4-2)16-11-7-9-15-8-5-6-10-17(15)16/h5-11,14H,3-4,12-13H2,1-2H3/t14-/m1/s1. The quantitative estimate of drug-likeness (QED) is 0.713. The fraction of sp³-hybridized carbons (Fsp3) is 0.389. The van der Waals surface area contributed by atoms with Crippen molar-refractivity contribution in [2.45, 2.75) is 39.0 Å². The van der Waals surface area contributed by atoms with Crippen molar-refractivity contribution in [2.24, 2.45) is 0 Å². The number of rotatable bonds is 6. The van der Waals surface area contributed by atoms with E-state index < -0.39 is 0 Å². The highest BCUT2D eigenvalue weighted by atomic mass is 16.5. The molecule has 0 saturated heterocycles. The molecule has 0 aromatic heterocycles. The zero-order chi connectivity index (χ0) is 14.4. The Hall–Kier alpha value is -1.83. The summed E-state index contributed by atoms with van der Waals surface area (Å²) in [5.41, 5.74) is 1.25. The summed E-state index contributed by atoms with van der Waals surface area (Å²) in [6.45, 7) is 4.65. The summed E-state index contributed by atoms with van der Waals surface area (Å²) < 4.78 is 5.22. The lowest BCUT2D eigenvalue weighted by Crippen LogP contribution is -2.11. The third-order valence-electron chi connectivity index (χ3n) is 3.64. The smallest absolute Gasteiger partial charge is 0.306 e. The molecule has 0 N–H and O–H groups in total. The molecule has 0 bridgehead atoms. The Morgan fingerprint density at radius 1 is 1.10 bits per heavy atom. The van der Waals surface area contributed by atoms with Gasteiger partial charge >= 0.3 is 5.97 Å². The van der Waals surface area contributed by atoms with E-state index in [9.17, 15) is 4.79 Å². The molecule has 0 amide bonds. The van der Waals surface area contributed by atoms with Crippen LogP contribution in [0.15, 0.2) is 42.5 Å². The Balaban J connectivity index is 2.23. The molecule has 2 aromatic carbocycles. The summed E-state index contributed by atoms with van der Waals surface area (Å²) in [4.78, 5) is 11.9. The molecular formula is C18H22O2. The lowest BCUT2D eigenvalue weighted by atomic mass is 9.89. The van der Waals surface area contributed by atoms with Gasteiger partial charge in [-0.1, -0.05) is 56.3 Å².